The van der Waals surface area contributed by atoms with E-state index in [0.29, 0.717) is 15.7 Å². The number of rotatable bonds is 2. The molecule has 1 amide bonds. The molecule has 19 heavy (non-hydrogen) atoms. The van der Waals surface area contributed by atoms with E-state index in [1.54, 1.807) is 12.1 Å². The fraction of sp³-hybridized carbons (Fsp3) is 0. The lowest BCUT2D eigenvalue weighted by molar-refractivity contribution is 0.102. The summed E-state index contributed by atoms with van der Waals surface area (Å²) >= 11 is 17.6. The number of nitrogens with one attached hydrogen (secondary N) is 1. The van der Waals surface area contributed by atoms with Gasteiger partial charge < -0.3 is 11.1 Å². The van der Waals surface area contributed by atoms with Crippen LogP contribution in [0.1, 0.15) is 10.4 Å². The summed E-state index contributed by atoms with van der Waals surface area (Å²) in [5.41, 5.74) is 6.17. The van der Waals surface area contributed by atoms with Gasteiger partial charge in [0.15, 0.2) is 0 Å². The summed E-state index contributed by atoms with van der Waals surface area (Å²) < 4.78 is 0. The van der Waals surface area contributed by atoms with Crippen molar-refractivity contribution < 1.29 is 4.79 Å². The normalized spacial score (nSPS) is 10.3. The number of pyridine rings is 1. The van der Waals surface area contributed by atoms with Crippen LogP contribution in [0.2, 0.25) is 15.1 Å². The molecule has 4 nitrogen and oxygen atoms in total. The largest absolute Gasteiger partial charge is 0.384 e. The van der Waals surface area contributed by atoms with E-state index in [-0.39, 0.29) is 16.4 Å². The third-order valence-electron chi connectivity index (χ3n) is 2.30. The molecule has 0 atom stereocenters. The Balaban J connectivity index is 2.28. The number of benzene rings is 1. The Kier molecular flexibility index (Phi) is 4.14. The number of nitrogens with zero attached hydrogens (tertiary/aromatic N) is 1. The van der Waals surface area contributed by atoms with Crippen molar-refractivity contribution in [3.8, 4) is 0 Å². The van der Waals surface area contributed by atoms with Gasteiger partial charge in [-0.05, 0) is 24.3 Å². The lowest BCUT2D eigenvalue weighted by Crippen LogP contribution is -2.13. The predicted octanol–water partition coefficient (Wildman–Crippen LogP) is 3.88. The molecule has 0 radical (unpaired) electrons. The average Bonchev–Trinajstić information content (AvgIpc) is 2.35. The van der Waals surface area contributed by atoms with E-state index in [4.69, 9.17) is 40.5 Å². The predicted molar refractivity (Wildman–Crippen MR) is 78.1 cm³/mol. The number of carbonyl (C=O) groups is 1. The molecular weight excluding hydrogens is 309 g/mol. The molecule has 0 saturated carbocycles. The van der Waals surface area contributed by atoms with Gasteiger partial charge in [-0.1, -0.05) is 34.8 Å². The fourth-order valence-corrected chi connectivity index (χ4v) is 2.05. The number of hydrogen-bond donors (Lipinski definition) is 2. The van der Waals surface area contributed by atoms with Crippen molar-refractivity contribution in [2.45, 2.75) is 0 Å². The number of nitrogens with two attached hydrogens (primary N) is 1. The first kappa shape index (κ1) is 13.9. The molecule has 0 aliphatic carbocycles. The van der Waals surface area contributed by atoms with Crippen LogP contribution < -0.4 is 11.1 Å². The summed E-state index contributed by atoms with van der Waals surface area (Å²) in [6.07, 6.45) is 1.31. The highest BCUT2D eigenvalue weighted by atomic mass is 35.5. The quantitative estimate of drug-likeness (QED) is 0.883. The molecule has 98 valence electrons. The summed E-state index contributed by atoms with van der Waals surface area (Å²) in [7, 11) is 0. The zero-order valence-electron chi connectivity index (χ0n) is 9.45. The van der Waals surface area contributed by atoms with Crippen LogP contribution in [-0.2, 0) is 0 Å². The summed E-state index contributed by atoms with van der Waals surface area (Å²) in [6.45, 7) is 0. The van der Waals surface area contributed by atoms with Gasteiger partial charge in [-0.15, -0.1) is 0 Å². The summed E-state index contributed by atoms with van der Waals surface area (Å²) in [4.78, 5) is 15.8. The Morgan fingerprint density at radius 2 is 1.89 bits per heavy atom. The number of amides is 1. The van der Waals surface area contributed by atoms with Crippen molar-refractivity contribution in [3.63, 3.8) is 0 Å². The van der Waals surface area contributed by atoms with E-state index in [2.05, 4.69) is 10.3 Å². The second kappa shape index (κ2) is 5.65. The van der Waals surface area contributed by atoms with E-state index in [9.17, 15) is 4.79 Å². The van der Waals surface area contributed by atoms with Crippen LogP contribution in [0.4, 0.5) is 11.5 Å². The van der Waals surface area contributed by atoms with E-state index < -0.39 is 5.91 Å². The Hall–Kier alpha value is -1.49. The first-order valence-corrected chi connectivity index (χ1v) is 6.28. The van der Waals surface area contributed by atoms with E-state index in [0.717, 1.165) is 0 Å². The molecule has 0 bridgehead atoms. The van der Waals surface area contributed by atoms with Gasteiger partial charge in [0.2, 0.25) is 0 Å². The minimum absolute atomic E-state index is 0.205. The molecular formula is C12H8Cl3N3O. The smallest absolute Gasteiger partial charge is 0.257 e. The van der Waals surface area contributed by atoms with Gasteiger partial charge in [-0.2, -0.15) is 0 Å². The fourth-order valence-electron chi connectivity index (χ4n) is 1.41. The highest BCUT2D eigenvalue weighted by Gasteiger charge is 2.13. The Labute approximate surface area is 124 Å². The van der Waals surface area contributed by atoms with Gasteiger partial charge in [0, 0.05) is 11.2 Å². The molecule has 1 heterocycles. The zero-order valence-corrected chi connectivity index (χ0v) is 11.7. The first-order chi connectivity index (χ1) is 8.97. The van der Waals surface area contributed by atoms with Crippen molar-refractivity contribution >= 4 is 52.2 Å². The summed E-state index contributed by atoms with van der Waals surface area (Å²) in [5.74, 6) is -0.222. The van der Waals surface area contributed by atoms with Crippen LogP contribution >= 0.6 is 34.8 Å². The zero-order chi connectivity index (χ0) is 14.0. The topological polar surface area (TPSA) is 68.0 Å². The third-order valence-corrected chi connectivity index (χ3v) is 3.15. The van der Waals surface area contributed by atoms with Gasteiger partial charge >= 0.3 is 0 Å². The lowest BCUT2D eigenvalue weighted by Gasteiger charge is -2.09. The molecule has 2 aromatic rings. The van der Waals surface area contributed by atoms with Crippen molar-refractivity contribution in [3.05, 3.63) is 51.1 Å². The maximum atomic E-state index is 12.1. The Morgan fingerprint density at radius 3 is 2.58 bits per heavy atom. The maximum Gasteiger partial charge on any atom is 0.257 e. The van der Waals surface area contributed by atoms with Crippen LogP contribution in [-0.4, -0.2) is 10.9 Å². The number of anilines is 2. The number of aromatic nitrogens is 1. The summed E-state index contributed by atoms with van der Waals surface area (Å²) in [5, 5.41) is 3.64. The van der Waals surface area contributed by atoms with E-state index in [1.807, 2.05) is 0 Å². The second-order valence-electron chi connectivity index (χ2n) is 3.67. The Bertz CT molecular complexity index is 646. The van der Waals surface area contributed by atoms with Gasteiger partial charge in [-0.3, -0.25) is 4.79 Å². The SMILES string of the molecule is Nc1cc(C(=O)Nc2ccc(Cl)cc2Cl)c(Cl)cn1. The molecule has 0 unspecified atom stereocenters. The van der Waals surface area contributed by atoms with E-state index >= 15 is 0 Å². The van der Waals surface area contributed by atoms with Gasteiger partial charge in [0.05, 0.1) is 21.3 Å². The summed E-state index contributed by atoms with van der Waals surface area (Å²) in [6, 6.07) is 6.13. The number of hydrogen-bond acceptors (Lipinski definition) is 3. The van der Waals surface area contributed by atoms with Crippen LogP contribution in [0.15, 0.2) is 30.5 Å². The van der Waals surface area contributed by atoms with Gasteiger partial charge in [0.1, 0.15) is 5.82 Å². The molecule has 0 aliphatic heterocycles. The minimum atomic E-state index is -0.427. The molecule has 0 spiro atoms. The van der Waals surface area contributed by atoms with E-state index in [1.165, 1.54) is 18.3 Å². The standard InChI is InChI=1S/C12H8Cl3N3O/c13-6-1-2-10(8(14)3-6)18-12(19)7-4-11(16)17-5-9(7)15/h1-5H,(H2,16,17)(H,18,19). The van der Waals surface area contributed by atoms with Crippen molar-refractivity contribution in [1.29, 1.82) is 0 Å². The molecule has 0 saturated heterocycles. The molecule has 2 rings (SSSR count). The third kappa shape index (κ3) is 3.29. The van der Waals surface area contributed by atoms with Crippen molar-refractivity contribution in [2.75, 3.05) is 11.1 Å². The number of nitrogen functional groups attached to an aromatic ring is 1. The average molecular weight is 317 g/mol. The molecule has 1 aromatic carbocycles. The molecule has 1 aromatic heterocycles. The highest BCUT2D eigenvalue weighted by Crippen LogP contribution is 2.26. The van der Waals surface area contributed by atoms with Crippen molar-refractivity contribution in [2.24, 2.45) is 0 Å². The van der Waals surface area contributed by atoms with Gasteiger partial charge in [0.25, 0.3) is 5.91 Å². The molecule has 0 aliphatic rings. The van der Waals surface area contributed by atoms with Gasteiger partial charge in [-0.25, -0.2) is 4.98 Å². The van der Waals surface area contributed by atoms with Crippen LogP contribution in [0.3, 0.4) is 0 Å². The minimum Gasteiger partial charge on any atom is -0.384 e. The lowest BCUT2D eigenvalue weighted by atomic mass is 10.2. The molecule has 3 N–H and O–H groups in total. The number of carbonyl (C=O) groups excluding carboxylic acids is 1. The van der Waals surface area contributed by atoms with Crippen LogP contribution in [0.25, 0.3) is 0 Å². The molecule has 7 heteroatoms. The molecule has 0 fully saturated rings. The van der Waals surface area contributed by atoms with Crippen LogP contribution in [0, 0.1) is 0 Å². The maximum absolute atomic E-state index is 12.1. The number of halogens is 3. The van der Waals surface area contributed by atoms with Crippen molar-refractivity contribution in [1.82, 2.24) is 4.98 Å². The monoisotopic (exact) mass is 315 g/mol. The first-order valence-electron chi connectivity index (χ1n) is 5.15. The second-order valence-corrected chi connectivity index (χ2v) is 4.92. The highest BCUT2D eigenvalue weighted by molar-refractivity contribution is 6.37. The van der Waals surface area contributed by atoms with Crippen LogP contribution in [0.5, 0.6) is 0 Å². The Morgan fingerprint density at radius 1 is 1.16 bits per heavy atom.